The monoisotopic (exact) mass is 410 g/mol. The molecule has 0 radical (unpaired) electrons. The number of quaternary nitrogens is 1. The third kappa shape index (κ3) is 3.61. The number of carbonyl (C=O) groups is 1. The molecule has 2 aliphatic rings. The summed E-state index contributed by atoms with van der Waals surface area (Å²) in [5.74, 6) is 7.40. The van der Waals surface area contributed by atoms with Crippen LogP contribution in [0.25, 0.3) is 11.3 Å². The molecule has 0 atom stereocenters. The molecule has 2 aliphatic heterocycles. The average Bonchev–Trinajstić information content (AvgIpc) is 2.97. The van der Waals surface area contributed by atoms with Crippen LogP contribution >= 0.6 is 0 Å². The smallest absolute Gasteiger partial charge is 0.382 e. The number of hydrogen-bond donors (Lipinski definition) is 2. The van der Waals surface area contributed by atoms with Gasteiger partial charge in [0.15, 0.2) is 0 Å². The van der Waals surface area contributed by atoms with Crippen molar-refractivity contribution in [3.05, 3.63) is 36.0 Å². The highest BCUT2D eigenvalue weighted by Crippen LogP contribution is 2.39. The van der Waals surface area contributed by atoms with Crippen molar-refractivity contribution < 1.29 is 9.53 Å². The summed E-state index contributed by atoms with van der Waals surface area (Å²) in [6.07, 6.45) is 4.73. The zero-order valence-electron chi connectivity index (χ0n) is 17.4. The Kier molecular flexibility index (Phi) is 5.40. The number of ether oxygens (including phenoxy) is 1. The lowest BCUT2D eigenvalue weighted by Crippen LogP contribution is -2.49. The fourth-order valence-corrected chi connectivity index (χ4v) is 4.01. The number of carbonyl (C=O) groups excluding carboxylic acids is 1. The Labute approximate surface area is 175 Å². The van der Waals surface area contributed by atoms with Crippen LogP contribution in [0.5, 0.6) is 0 Å². The number of rotatable bonds is 5. The van der Waals surface area contributed by atoms with Crippen LogP contribution in [-0.4, -0.2) is 55.7 Å². The van der Waals surface area contributed by atoms with E-state index in [0.717, 1.165) is 43.6 Å². The lowest BCUT2D eigenvalue weighted by Gasteiger charge is -2.24. The van der Waals surface area contributed by atoms with Crippen molar-refractivity contribution in [2.45, 2.75) is 19.3 Å². The predicted molar refractivity (Wildman–Crippen MR) is 117 cm³/mol. The minimum atomic E-state index is -0.00325. The number of fused-ring (bicyclic) bond motifs is 1. The zero-order valence-corrected chi connectivity index (χ0v) is 17.4. The molecule has 0 bridgehead atoms. The summed E-state index contributed by atoms with van der Waals surface area (Å²) in [6.45, 7) is 2.24. The van der Waals surface area contributed by atoms with Gasteiger partial charge in [0, 0.05) is 30.9 Å². The SMILES string of the molecule is C[N+]1(C)C(=O)N(CCC2CCOCC2)c2nc(-c3ccc(C(N)=NN)cc3)cnc21. The highest BCUT2D eigenvalue weighted by Gasteiger charge is 2.48. The Hall–Kier alpha value is -3.04. The molecule has 2 aromatic rings. The van der Waals surface area contributed by atoms with Gasteiger partial charge in [0.1, 0.15) is 5.84 Å². The van der Waals surface area contributed by atoms with Crippen molar-refractivity contribution in [3.8, 4) is 11.3 Å². The van der Waals surface area contributed by atoms with Gasteiger partial charge in [-0.05, 0) is 25.2 Å². The van der Waals surface area contributed by atoms with E-state index < -0.39 is 0 Å². The number of hydrogen-bond acceptors (Lipinski definition) is 6. The van der Waals surface area contributed by atoms with Gasteiger partial charge in [-0.25, -0.2) is 14.7 Å². The molecule has 1 fully saturated rings. The highest BCUT2D eigenvalue weighted by molar-refractivity contribution is 6.07. The Balaban J connectivity index is 1.61. The maximum Gasteiger partial charge on any atom is 0.431 e. The largest absolute Gasteiger partial charge is 0.431 e. The van der Waals surface area contributed by atoms with Crippen LogP contribution < -0.4 is 21.0 Å². The third-order valence-electron chi connectivity index (χ3n) is 5.95. The molecule has 0 saturated carbocycles. The first kappa shape index (κ1) is 20.2. The number of nitrogens with zero attached hydrogens (tertiary/aromatic N) is 5. The van der Waals surface area contributed by atoms with Crippen molar-refractivity contribution in [2.75, 3.05) is 38.8 Å². The summed E-state index contributed by atoms with van der Waals surface area (Å²) in [7, 11) is 3.71. The molecule has 0 aliphatic carbocycles. The summed E-state index contributed by atoms with van der Waals surface area (Å²) >= 11 is 0. The first-order valence-electron chi connectivity index (χ1n) is 10.2. The van der Waals surface area contributed by atoms with E-state index in [-0.39, 0.29) is 16.3 Å². The summed E-state index contributed by atoms with van der Waals surface area (Å²) in [5, 5.41) is 3.51. The van der Waals surface area contributed by atoms with E-state index in [1.54, 1.807) is 11.1 Å². The maximum atomic E-state index is 13.1. The standard InChI is InChI=1S/C21H28N7O2/c1-28(2)20-19(27(21(28)29)10-7-14-8-11-30-12-9-14)25-17(13-24-20)15-3-5-16(6-4-15)18(22)26-23/h3-6,13-14H,7-12,23H2,1-2H3,(H2,22,26)/q+1. The number of hydrazone groups is 1. The predicted octanol–water partition coefficient (Wildman–Crippen LogP) is 2.05. The van der Waals surface area contributed by atoms with E-state index >= 15 is 0 Å². The fourth-order valence-electron chi connectivity index (χ4n) is 4.01. The van der Waals surface area contributed by atoms with Gasteiger partial charge in [-0.2, -0.15) is 14.6 Å². The van der Waals surface area contributed by atoms with Gasteiger partial charge in [0.2, 0.25) is 5.82 Å². The highest BCUT2D eigenvalue weighted by atomic mass is 16.5. The molecule has 4 rings (SSSR count). The lowest BCUT2D eigenvalue weighted by molar-refractivity contribution is 0.0646. The average molecular weight is 411 g/mol. The number of amides is 2. The molecule has 9 nitrogen and oxygen atoms in total. The summed E-state index contributed by atoms with van der Waals surface area (Å²) in [5.41, 5.74) is 8.08. The van der Waals surface area contributed by atoms with E-state index in [0.29, 0.717) is 29.8 Å². The number of anilines is 1. The van der Waals surface area contributed by atoms with Crippen LogP contribution in [0.15, 0.2) is 35.6 Å². The van der Waals surface area contributed by atoms with Gasteiger partial charge in [0.25, 0.3) is 5.82 Å². The number of urea groups is 1. The first-order chi connectivity index (χ1) is 14.4. The second-order valence-corrected chi connectivity index (χ2v) is 8.23. The van der Waals surface area contributed by atoms with E-state index in [1.165, 1.54) is 0 Å². The molecule has 1 aromatic carbocycles. The molecule has 1 aromatic heterocycles. The normalized spacial score (nSPS) is 19.2. The van der Waals surface area contributed by atoms with Gasteiger partial charge in [-0.1, -0.05) is 24.3 Å². The number of aromatic nitrogens is 2. The van der Waals surface area contributed by atoms with Crippen molar-refractivity contribution in [1.29, 1.82) is 0 Å². The van der Waals surface area contributed by atoms with Gasteiger partial charge < -0.3 is 16.3 Å². The number of nitrogens with two attached hydrogens (primary N) is 2. The van der Waals surface area contributed by atoms with Gasteiger partial charge >= 0.3 is 6.03 Å². The molecule has 2 amide bonds. The molecular weight excluding hydrogens is 382 g/mol. The van der Waals surface area contributed by atoms with Gasteiger partial charge in [-0.3, -0.25) is 0 Å². The van der Waals surface area contributed by atoms with Crippen LogP contribution in [0.1, 0.15) is 24.8 Å². The van der Waals surface area contributed by atoms with Gasteiger partial charge in [-0.15, -0.1) is 0 Å². The minimum Gasteiger partial charge on any atom is -0.382 e. The first-order valence-corrected chi connectivity index (χ1v) is 10.2. The van der Waals surface area contributed by atoms with Crippen LogP contribution in [0.3, 0.4) is 0 Å². The van der Waals surface area contributed by atoms with Crippen molar-refractivity contribution in [2.24, 2.45) is 22.6 Å². The summed E-state index contributed by atoms with van der Waals surface area (Å²) in [4.78, 5) is 24.3. The van der Waals surface area contributed by atoms with E-state index in [4.69, 9.17) is 21.3 Å². The molecule has 9 heteroatoms. The zero-order chi connectivity index (χ0) is 21.3. The Morgan fingerprint density at radius 3 is 2.63 bits per heavy atom. The molecule has 4 N–H and O–H groups in total. The maximum absolute atomic E-state index is 13.1. The molecular formula is C21H28N7O2+. The quantitative estimate of drug-likeness (QED) is 0.256. The minimum absolute atomic E-state index is 0.00325. The van der Waals surface area contributed by atoms with E-state index in [1.807, 2.05) is 38.4 Å². The second kappa shape index (κ2) is 8.00. The Morgan fingerprint density at radius 2 is 1.97 bits per heavy atom. The second-order valence-electron chi connectivity index (χ2n) is 8.23. The van der Waals surface area contributed by atoms with E-state index in [2.05, 4.69) is 10.1 Å². The molecule has 0 unspecified atom stereocenters. The van der Waals surface area contributed by atoms with Crippen molar-refractivity contribution >= 4 is 23.5 Å². The van der Waals surface area contributed by atoms with Crippen LogP contribution in [-0.2, 0) is 4.74 Å². The lowest BCUT2D eigenvalue weighted by atomic mass is 9.96. The van der Waals surface area contributed by atoms with Crippen LogP contribution in [0.2, 0.25) is 0 Å². The van der Waals surface area contributed by atoms with Crippen molar-refractivity contribution in [3.63, 3.8) is 0 Å². The molecule has 1 saturated heterocycles. The summed E-state index contributed by atoms with van der Waals surface area (Å²) < 4.78 is 5.52. The fraction of sp³-hybridized carbons (Fsp3) is 0.429. The summed E-state index contributed by atoms with van der Waals surface area (Å²) in [6, 6.07) is 7.46. The molecule has 158 valence electrons. The Morgan fingerprint density at radius 1 is 1.27 bits per heavy atom. The van der Waals surface area contributed by atoms with Crippen LogP contribution in [0, 0.1) is 5.92 Å². The van der Waals surface area contributed by atoms with E-state index in [9.17, 15) is 4.79 Å². The Bertz CT molecular complexity index is 966. The third-order valence-corrected chi connectivity index (χ3v) is 5.95. The van der Waals surface area contributed by atoms with Crippen molar-refractivity contribution in [1.82, 2.24) is 14.5 Å². The number of amidine groups is 1. The number of benzene rings is 1. The van der Waals surface area contributed by atoms with Gasteiger partial charge in [0.05, 0.1) is 26.0 Å². The molecule has 30 heavy (non-hydrogen) atoms. The topological polar surface area (TPSA) is 120 Å². The molecule has 3 heterocycles. The molecule has 0 spiro atoms. The van der Waals surface area contributed by atoms with Crippen LogP contribution in [0.4, 0.5) is 16.4 Å².